The standard InChI is InChI=1S/C6H12NP/c8-7-2-1-5-3-6(5)4-7/h5-6H,1-4,8H2. The lowest BCUT2D eigenvalue weighted by atomic mass is 10.2. The number of hydrogen-bond donors (Lipinski definition) is 0. The fourth-order valence-corrected chi connectivity index (χ4v) is 2.03. The first-order chi connectivity index (χ1) is 3.86. The van der Waals surface area contributed by atoms with Gasteiger partial charge in [0.15, 0.2) is 0 Å². The number of piperidine rings is 1. The van der Waals surface area contributed by atoms with Gasteiger partial charge in [-0.05, 0) is 24.7 Å². The van der Waals surface area contributed by atoms with Crippen LogP contribution < -0.4 is 0 Å². The predicted molar refractivity (Wildman–Crippen MR) is 37.5 cm³/mol. The molecule has 2 rings (SSSR count). The minimum atomic E-state index is 1.08. The Morgan fingerprint density at radius 1 is 1.38 bits per heavy atom. The quantitative estimate of drug-likeness (QED) is 0.443. The number of rotatable bonds is 0. The summed E-state index contributed by atoms with van der Waals surface area (Å²) in [5, 5.41) is 0. The zero-order valence-corrected chi connectivity index (χ0v) is 6.16. The highest BCUT2D eigenvalue weighted by atomic mass is 31.0. The average Bonchev–Trinajstić information content (AvgIpc) is 2.43. The molecule has 0 bridgehead atoms. The van der Waals surface area contributed by atoms with Crippen molar-refractivity contribution in [2.24, 2.45) is 11.8 Å². The molecule has 1 saturated heterocycles. The van der Waals surface area contributed by atoms with Crippen molar-refractivity contribution >= 4 is 9.39 Å². The van der Waals surface area contributed by atoms with E-state index in [1.165, 1.54) is 25.9 Å². The second kappa shape index (κ2) is 1.68. The van der Waals surface area contributed by atoms with Crippen LogP contribution in [-0.2, 0) is 0 Å². The highest BCUT2D eigenvalue weighted by Crippen LogP contribution is 2.45. The lowest BCUT2D eigenvalue weighted by molar-refractivity contribution is 0.364. The van der Waals surface area contributed by atoms with Crippen molar-refractivity contribution in [1.29, 1.82) is 0 Å². The Labute approximate surface area is 52.7 Å². The summed E-state index contributed by atoms with van der Waals surface area (Å²) in [6, 6.07) is 0. The average molecular weight is 129 g/mol. The van der Waals surface area contributed by atoms with Gasteiger partial charge in [-0.3, -0.25) is 4.67 Å². The molecule has 8 heavy (non-hydrogen) atoms. The molecular formula is C6H12NP. The predicted octanol–water partition coefficient (Wildman–Crippen LogP) is 1.12. The van der Waals surface area contributed by atoms with Crippen LogP contribution in [0.5, 0.6) is 0 Å². The third-order valence-corrected chi connectivity index (χ3v) is 2.79. The van der Waals surface area contributed by atoms with Crippen molar-refractivity contribution < 1.29 is 0 Å². The van der Waals surface area contributed by atoms with Crippen LogP contribution in [0.2, 0.25) is 0 Å². The summed E-state index contributed by atoms with van der Waals surface area (Å²) in [5.41, 5.74) is 0. The smallest absolute Gasteiger partial charge is 0.00473 e. The molecule has 0 radical (unpaired) electrons. The van der Waals surface area contributed by atoms with Crippen molar-refractivity contribution in [2.45, 2.75) is 12.8 Å². The molecule has 1 aliphatic carbocycles. The third-order valence-electron chi connectivity index (χ3n) is 2.33. The van der Waals surface area contributed by atoms with E-state index in [1.807, 2.05) is 0 Å². The van der Waals surface area contributed by atoms with Crippen molar-refractivity contribution in [1.82, 2.24) is 4.67 Å². The molecule has 46 valence electrons. The largest absolute Gasteiger partial charge is 0.287 e. The van der Waals surface area contributed by atoms with Gasteiger partial charge in [-0.2, -0.15) is 0 Å². The zero-order chi connectivity index (χ0) is 5.56. The Hall–Kier alpha value is 0.390. The van der Waals surface area contributed by atoms with Crippen LogP contribution in [-0.4, -0.2) is 17.8 Å². The van der Waals surface area contributed by atoms with E-state index in [0.717, 1.165) is 11.8 Å². The van der Waals surface area contributed by atoms with E-state index in [2.05, 4.69) is 14.1 Å². The van der Waals surface area contributed by atoms with Crippen molar-refractivity contribution in [2.75, 3.05) is 13.1 Å². The maximum absolute atomic E-state index is 2.79. The van der Waals surface area contributed by atoms with Crippen LogP contribution in [0, 0.1) is 11.8 Å². The molecule has 1 heterocycles. The molecule has 0 aromatic carbocycles. The van der Waals surface area contributed by atoms with E-state index in [-0.39, 0.29) is 0 Å². The van der Waals surface area contributed by atoms with Gasteiger partial charge in [0.25, 0.3) is 0 Å². The Bertz CT molecular complexity index is 105. The molecular weight excluding hydrogens is 117 g/mol. The van der Waals surface area contributed by atoms with E-state index in [1.54, 1.807) is 0 Å². The van der Waals surface area contributed by atoms with Gasteiger partial charge in [0.05, 0.1) is 0 Å². The summed E-state index contributed by atoms with van der Waals surface area (Å²) >= 11 is 0. The lowest BCUT2D eigenvalue weighted by Crippen LogP contribution is -2.21. The molecule has 2 aliphatic rings. The van der Waals surface area contributed by atoms with Crippen molar-refractivity contribution in [3.05, 3.63) is 0 Å². The van der Waals surface area contributed by atoms with E-state index in [9.17, 15) is 0 Å². The fraction of sp³-hybridized carbons (Fsp3) is 1.00. The summed E-state index contributed by atoms with van der Waals surface area (Å²) in [6.07, 6.45) is 2.97. The maximum atomic E-state index is 2.79. The fourth-order valence-electron chi connectivity index (χ4n) is 1.61. The van der Waals surface area contributed by atoms with Crippen molar-refractivity contribution in [3.63, 3.8) is 0 Å². The SMILES string of the molecule is PN1CCC2CC2C1. The van der Waals surface area contributed by atoms with Crippen LogP contribution in [0.15, 0.2) is 0 Å². The molecule has 1 saturated carbocycles. The van der Waals surface area contributed by atoms with Crippen LogP contribution in [0.4, 0.5) is 0 Å². The first-order valence-electron chi connectivity index (χ1n) is 3.36. The summed E-state index contributed by atoms with van der Waals surface area (Å²) in [7, 11) is 2.79. The maximum Gasteiger partial charge on any atom is 0.00473 e. The molecule has 0 amide bonds. The molecule has 3 unspecified atom stereocenters. The van der Waals surface area contributed by atoms with Gasteiger partial charge in [0.1, 0.15) is 0 Å². The molecule has 0 aromatic heterocycles. The van der Waals surface area contributed by atoms with E-state index < -0.39 is 0 Å². The van der Waals surface area contributed by atoms with Gasteiger partial charge in [0, 0.05) is 13.1 Å². The topological polar surface area (TPSA) is 3.24 Å². The lowest BCUT2D eigenvalue weighted by Gasteiger charge is -2.19. The highest BCUT2D eigenvalue weighted by Gasteiger charge is 2.40. The Morgan fingerprint density at radius 2 is 2.25 bits per heavy atom. The van der Waals surface area contributed by atoms with Gasteiger partial charge >= 0.3 is 0 Å². The zero-order valence-electron chi connectivity index (χ0n) is 5.01. The van der Waals surface area contributed by atoms with Gasteiger partial charge in [-0.1, -0.05) is 9.39 Å². The van der Waals surface area contributed by atoms with E-state index in [0.29, 0.717) is 0 Å². The molecule has 0 aromatic rings. The van der Waals surface area contributed by atoms with Crippen LogP contribution >= 0.6 is 9.39 Å². The number of nitrogens with zero attached hydrogens (tertiary/aromatic N) is 1. The van der Waals surface area contributed by atoms with Gasteiger partial charge in [0.2, 0.25) is 0 Å². The second-order valence-electron chi connectivity index (χ2n) is 3.04. The monoisotopic (exact) mass is 129 g/mol. The highest BCUT2D eigenvalue weighted by molar-refractivity contribution is 7.13. The van der Waals surface area contributed by atoms with Crippen LogP contribution in [0.1, 0.15) is 12.8 Å². The summed E-state index contributed by atoms with van der Waals surface area (Å²) in [5.74, 6) is 2.22. The Balaban J connectivity index is 1.93. The summed E-state index contributed by atoms with van der Waals surface area (Å²) in [4.78, 5) is 0. The second-order valence-corrected chi connectivity index (χ2v) is 3.77. The minimum absolute atomic E-state index is 1.08. The van der Waals surface area contributed by atoms with Gasteiger partial charge in [-0.15, -0.1) is 0 Å². The molecule has 2 fully saturated rings. The molecule has 0 N–H and O–H groups in total. The number of hydrogen-bond acceptors (Lipinski definition) is 1. The molecule has 1 aliphatic heterocycles. The van der Waals surface area contributed by atoms with Gasteiger partial charge < -0.3 is 0 Å². The Kier molecular flexibility index (Phi) is 1.09. The Morgan fingerprint density at radius 3 is 2.88 bits per heavy atom. The molecule has 3 atom stereocenters. The van der Waals surface area contributed by atoms with Crippen LogP contribution in [0.3, 0.4) is 0 Å². The van der Waals surface area contributed by atoms with E-state index >= 15 is 0 Å². The normalized spacial score (nSPS) is 46.1. The summed E-state index contributed by atoms with van der Waals surface area (Å²) < 4.78 is 2.37. The van der Waals surface area contributed by atoms with E-state index in [4.69, 9.17) is 0 Å². The molecule has 1 nitrogen and oxygen atoms in total. The molecule has 2 heteroatoms. The first kappa shape index (κ1) is 5.20. The third kappa shape index (κ3) is 0.784. The summed E-state index contributed by atoms with van der Waals surface area (Å²) in [6.45, 7) is 2.65. The first-order valence-corrected chi connectivity index (χ1v) is 3.87. The molecule has 0 spiro atoms. The number of fused-ring (bicyclic) bond motifs is 1. The minimum Gasteiger partial charge on any atom is -0.287 e. The van der Waals surface area contributed by atoms with Crippen molar-refractivity contribution in [3.8, 4) is 0 Å². The van der Waals surface area contributed by atoms with Crippen LogP contribution in [0.25, 0.3) is 0 Å². The van der Waals surface area contributed by atoms with Gasteiger partial charge in [-0.25, -0.2) is 0 Å².